The van der Waals surface area contributed by atoms with Gasteiger partial charge in [-0.1, -0.05) is 6.07 Å². The number of aromatic nitrogens is 1. The number of carbonyl (C=O) groups excluding carboxylic acids is 1. The average Bonchev–Trinajstić information content (AvgIpc) is 2.05. The third-order valence-corrected chi connectivity index (χ3v) is 1.12. The number of amides is 2. The number of nitrogens with two attached hydrogens (primary N) is 1. The Labute approximate surface area is 69.5 Å². The lowest BCUT2D eigenvalue weighted by Crippen LogP contribution is -2.29. The van der Waals surface area contributed by atoms with Crippen molar-refractivity contribution in [3.8, 4) is 0 Å². The normalized spacial score (nSPS) is 9.33. The maximum Gasteiger partial charge on any atom is 0.336 e. The highest BCUT2D eigenvalue weighted by molar-refractivity contribution is 5.70. The summed E-state index contributed by atoms with van der Waals surface area (Å²) in [7, 11) is 0. The van der Waals surface area contributed by atoms with Gasteiger partial charge in [-0.05, 0) is 12.1 Å². The summed E-state index contributed by atoms with van der Waals surface area (Å²) in [6, 6.07) is 4.69. The van der Waals surface area contributed by atoms with Crippen LogP contribution in [-0.4, -0.2) is 11.0 Å². The Balaban J connectivity index is 2.29. The number of hydrogen-bond donors (Lipinski definition) is 2. The van der Waals surface area contributed by atoms with Crippen LogP contribution in [0.4, 0.5) is 4.79 Å². The molecule has 3 N–H and O–H groups in total. The lowest BCUT2D eigenvalue weighted by molar-refractivity contribution is 0.0502. The van der Waals surface area contributed by atoms with Gasteiger partial charge < -0.3 is 5.73 Å². The summed E-state index contributed by atoms with van der Waals surface area (Å²) in [6.07, 6.45) is 1.64. The molecule has 0 atom stereocenters. The second-order valence-electron chi connectivity index (χ2n) is 2.08. The number of urea groups is 1. The SMILES string of the molecule is NC(=O)NOCc1ccccn1. The summed E-state index contributed by atoms with van der Waals surface area (Å²) in [6.45, 7) is 0.212. The number of hydrogen-bond acceptors (Lipinski definition) is 3. The number of nitrogens with zero attached hydrogens (tertiary/aromatic N) is 1. The van der Waals surface area contributed by atoms with Crippen LogP contribution in [0.25, 0.3) is 0 Å². The molecule has 5 nitrogen and oxygen atoms in total. The van der Waals surface area contributed by atoms with Gasteiger partial charge in [0.1, 0.15) is 6.61 Å². The predicted molar refractivity (Wildman–Crippen MR) is 41.7 cm³/mol. The molecular weight excluding hydrogens is 158 g/mol. The predicted octanol–water partition coefficient (Wildman–Crippen LogP) is 0.181. The zero-order chi connectivity index (χ0) is 8.81. The van der Waals surface area contributed by atoms with Crippen molar-refractivity contribution < 1.29 is 9.63 Å². The molecule has 0 aliphatic carbocycles. The van der Waals surface area contributed by atoms with E-state index in [9.17, 15) is 4.79 Å². The summed E-state index contributed by atoms with van der Waals surface area (Å²) in [4.78, 5) is 18.8. The molecule has 0 aromatic carbocycles. The van der Waals surface area contributed by atoms with Crippen LogP contribution in [0.2, 0.25) is 0 Å². The van der Waals surface area contributed by atoms with Crippen LogP contribution in [0.15, 0.2) is 24.4 Å². The van der Waals surface area contributed by atoms with Gasteiger partial charge in [0.2, 0.25) is 0 Å². The number of nitrogens with one attached hydrogen (secondary N) is 1. The van der Waals surface area contributed by atoms with Gasteiger partial charge in [0.05, 0.1) is 5.69 Å². The molecule has 0 unspecified atom stereocenters. The standard InChI is InChI=1S/C7H9N3O2/c8-7(11)10-12-5-6-3-1-2-4-9-6/h1-4H,5H2,(H3,8,10,11). The lowest BCUT2D eigenvalue weighted by atomic mass is 10.4. The number of hydroxylamine groups is 1. The second kappa shape index (κ2) is 4.30. The van der Waals surface area contributed by atoms with Crippen LogP contribution in [0.5, 0.6) is 0 Å². The van der Waals surface area contributed by atoms with E-state index < -0.39 is 6.03 Å². The third kappa shape index (κ3) is 2.98. The fourth-order valence-corrected chi connectivity index (χ4v) is 0.665. The van der Waals surface area contributed by atoms with E-state index in [4.69, 9.17) is 10.6 Å². The molecule has 2 amide bonds. The number of primary amides is 1. The van der Waals surface area contributed by atoms with Crippen molar-refractivity contribution >= 4 is 6.03 Å². The monoisotopic (exact) mass is 167 g/mol. The van der Waals surface area contributed by atoms with Crippen LogP contribution in [0.3, 0.4) is 0 Å². The molecule has 0 fully saturated rings. The molecule has 0 bridgehead atoms. The van der Waals surface area contributed by atoms with E-state index in [1.54, 1.807) is 18.3 Å². The van der Waals surface area contributed by atoms with Gasteiger partial charge >= 0.3 is 6.03 Å². The van der Waals surface area contributed by atoms with Crippen LogP contribution in [0, 0.1) is 0 Å². The van der Waals surface area contributed by atoms with Gasteiger partial charge in [-0.3, -0.25) is 9.82 Å². The molecule has 5 heteroatoms. The highest BCUT2D eigenvalue weighted by Crippen LogP contribution is 1.93. The smallest absolute Gasteiger partial charge is 0.336 e. The van der Waals surface area contributed by atoms with Crippen molar-refractivity contribution in [3.05, 3.63) is 30.1 Å². The van der Waals surface area contributed by atoms with Crippen molar-refractivity contribution in [1.29, 1.82) is 0 Å². The van der Waals surface area contributed by atoms with Gasteiger partial charge in [-0.2, -0.15) is 0 Å². The van der Waals surface area contributed by atoms with Gasteiger partial charge in [-0.15, -0.1) is 0 Å². The van der Waals surface area contributed by atoms with Crippen LogP contribution >= 0.6 is 0 Å². The minimum atomic E-state index is -0.717. The molecule has 0 aliphatic rings. The second-order valence-corrected chi connectivity index (χ2v) is 2.08. The van der Waals surface area contributed by atoms with Crippen LogP contribution < -0.4 is 11.2 Å². The molecule has 1 aromatic heterocycles. The fourth-order valence-electron chi connectivity index (χ4n) is 0.665. The maximum absolute atomic E-state index is 10.2. The molecule has 0 spiro atoms. The van der Waals surface area contributed by atoms with Crippen molar-refractivity contribution in [2.45, 2.75) is 6.61 Å². The molecule has 0 aliphatic heterocycles. The molecule has 0 saturated heterocycles. The Morgan fingerprint density at radius 1 is 1.67 bits per heavy atom. The van der Waals surface area contributed by atoms with E-state index in [0.717, 1.165) is 5.69 Å². The van der Waals surface area contributed by atoms with Gasteiger partial charge in [0, 0.05) is 6.20 Å². The van der Waals surface area contributed by atoms with Crippen molar-refractivity contribution in [2.75, 3.05) is 0 Å². The topological polar surface area (TPSA) is 77.2 Å². The number of rotatable bonds is 3. The summed E-state index contributed by atoms with van der Waals surface area (Å²) >= 11 is 0. The molecule has 1 heterocycles. The van der Waals surface area contributed by atoms with Gasteiger partial charge in [-0.25, -0.2) is 10.3 Å². The van der Waals surface area contributed by atoms with E-state index in [1.165, 1.54) is 0 Å². The minimum Gasteiger partial charge on any atom is -0.350 e. The number of carbonyl (C=O) groups is 1. The Bertz CT molecular complexity index is 250. The van der Waals surface area contributed by atoms with Gasteiger partial charge in [0.15, 0.2) is 0 Å². The average molecular weight is 167 g/mol. The zero-order valence-corrected chi connectivity index (χ0v) is 6.36. The Morgan fingerprint density at radius 2 is 2.50 bits per heavy atom. The molecular formula is C7H9N3O2. The Morgan fingerprint density at radius 3 is 3.08 bits per heavy atom. The van der Waals surface area contributed by atoms with E-state index >= 15 is 0 Å². The molecule has 12 heavy (non-hydrogen) atoms. The van der Waals surface area contributed by atoms with E-state index in [2.05, 4.69) is 4.98 Å². The lowest BCUT2D eigenvalue weighted by Gasteiger charge is -2.01. The third-order valence-electron chi connectivity index (χ3n) is 1.12. The first-order chi connectivity index (χ1) is 5.79. The number of pyridine rings is 1. The first kappa shape index (κ1) is 8.48. The quantitative estimate of drug-likeness (QED) is 0.630. The van der Waals surface area contributed by atoms with E-state index in [-0.39, 0.29) is 6.61 Å². The van der Waals surface area contributed by atoms with Gasteiger partial charge in [0.25, 0.3) is 0 Å². The first-order valence-corrected chi connectivity index (χ1v) is 3.36. The van der Waals surface area contributed by atoms with E-state index in [0.29, 0.717) is 0 Å². The zero-order valence-electron chi connectivity index (χ0n) is 6.36. The highest BCUT2D eigenvalue weighted by Gasteiger charge is 1.93. The van der Waals surface area contributed by atoms with E-state index in [1.807, 2.05) is 11.5 Å². The Hall–Kier alpha value is -1.62. The van der Waals surface area contributed by atoms with Crippen molar-refractivity contribution in [3.63, 3.8) is 0 Å². The molecule has 0 radical (unpaired) electrons. The molecule has 64 valence electrons. The maximum atomic E-state index is 10.2. The molecule has 0 saturated carbocycles. The Kier molecular flexibility index (Phi) is 3.04. The van der Waals surface area contributed by atoms with Crippen LogP contribution in [-0.2, 0) is 11.4 Å². The van der Waals surface area contributed by atoms with Crippen molar-refractivity contribution in [1.82, 2.24) is 10.5 Å². The summed E-state index contributed by atoms with van der Waals surface area (Å²) in [5.74, 6) is 0. The van der Waals surface area contributed by atoms with Crippen molar-refractivity contribution in [2.24, 2.45) is 5.73 Å². The summed E-state index contributed by atoms with van der Waals surface area (Å²) in [5, 5.41) is 0. The fraction of sp³-hybridized carbons (Fsp3) is 0.143. The first-order valence-electron chi connectivity index (χ1n) is 3.36. The van der Waals surface area contributed by atoms with Crippen LogP contribution in [0.1, 0.15) is 5.69 Å². The summed E-state index contributed by atoms with van der Waals surface area (Å²) in [5.41, 5.74) is 7.48. The highest BCUT2D eigenvalue weighted by atomic mass is 16.7. The molecule has 1 aromatic rings. The summed E-state index contributed by atoms with van der Waals surface area (Å²) < 4.78 is 0. The minimum absolute atomic E-state index is 0.212. The largest absolute Gasteiger partial charge is 0.350 e. The molecule has 1 rings (SSSR count).